The number of hydrogen-bond donors (Lipinski definition) is 2. The summed E-state index contributed by atoms with van der Waals surface area (Å²) in [5, 5.41) is 14.5. The van der Waals surface area contributed by atoms with Crippen LogP contribution in [-0.2, 0) is 21.4 Å². The third-order valence-corrected chi connectivity index (χ3v) is 9.85. The molecule has 15 nitrogen and oxygen atoms in total. The minimum Gasteiger partial charge on any atom is -0.495 e. The van der Waals surface area contributed by atoms with Crippen LogP contribution in [0.1, 0.15) is 29.1 Å². The summed E-state index contributed by atoms with van der Waals surface area (Å²) in [7, 11) is -1.52. The van der Waals surface area contributed by atoms with Crippen LogP contribution in [0.4, 0.5) is 0 Å². The van der Waals surface area contributed by atoms with Crippen LogP contribution in [0.25, 0.3) is 17.1 Å². The largest absolute Gasteiger partial charge is 0.495 e. The van der Waals surface area contributed by atoms with Gasteiger partial charge in [0.05, 0.1) is 39.0 Å². The first-order valence-corrected chi connectivity index (χ1v) is 17.2. The van der Waals surface area contributed by atoms with Gasteiger partial charge in [-0.15, -0.1) is 0 Å². The van der Waals surface area contributed by atoms with E-state index >= 15 is 0 Å². The van der Waals surface area contributed by atoms with Crippen molar-refractivity contribution in [3.05, 3.63) is 96.6 Å². The Morgan fingerprint density at radius 3 is 2.44 bits per heavy atom. The summed E-state index contributed by atoms with van der Waals surface area (Å²) in [4.78, 5) is 31.4. The monoisotopic (exact) mass is 700 g/mol. The molecule has 0 unspecified atom stereocenters. The topological polar surface area (TPSA) is 172 Å². The fraction of sp³-hybridized carbons (Fsp3) is 0.265. The lowest BCUT2D eigenvalue weighted by Crippen LogP contribution is -2.45. The van der Waals surface area contributed by atoms with Gasteiger partial charge in [-0.3, -0.25) is 9.59 Å². The number of sulfonamides is 1. The summed E-state index contributed by atoms with van der Waals surface area (Å²) < 4.78 is 49.7. The summed E-state index contributed by atoms with van der Waals surface area (Å²) in [6.45, 7) is 1.20. The average molecular weight is 701 g/mol. The molecule has 260 valence electrons. The summed E-state index contributed by atoms with van der Waals surface area (Å²) in [6, 6.07) is 19.8. The van der Waals surface area contributed by atoms with Gasteiger partial charge in [-0.2, -0.15) is 14.5 Å². The first kappa shape index (κ1) is 34.1. The second-order valence-electron chi connectivity index (χ2n) is 11.3. The van der Waals surface area contributed by atoms with Gasteiger partial charge in [-0.1, -0.05) is 30.3 Å². The molecule has 2 amide bonds. The number of carbonyl (C=O) groups is 2. The molecule has 5 aromatic rings. The molecule has 0 radical (unpaired) electrons. The van der Waals surface area contributed by atoms with Gasteiger partial charge >= 0.3 is 0 Å². The molecule has 50 heavy (non-hydrogen) atoms. The van der Waals surface area contributed by atoms with E-state index in [1.165, 1.54) is 31.0 Å². The molecule has 1 atom stereocenters. The lowest BCUT2D eigenvalue weighted by atomic mass is 10.2. The van der Waals surface area contributed by atoms with Crippen molar-refractivity contribution >= 4 is 21.8 Å². The number of nitrogens with zero attached hydrogens (tertiary/aromatic N) is 6. The standard InChI is InChI=1S/C34H36N8O7S/c1-23-33-38-32(24-8-5-4-6-9-24)39-42(33)18-19-49-29-20-25(10-12-27(29)47-2)34(44)35-15-17-40(22-31(43)37-23)50(45,46)30-21-26(11-13-28(30)48-3)41-16-7-14-36-41/h4-14,16,20-21,23H,15,17-19,22H2,1-3H3,(H,35,44)(H,37,43)/t23-/m1/s1. The van der Waals surface area contributed by atoms with Gasteiger partial charge in [0.25, 0.3) is 5.91 Å². The van der Waals surface area contributed by atoms with E-state index in [4.69, 9.17) is 24.3 Å². The molecule has 1 aliphatic heterocycles. The summed E-state index contributed by atoms with van der Waals surface area (Å²) in [5.41, 5.74) is 1.52. The van der Waals surface area contributed by atoms with Crippen molar-refractivity contribution in [3.8, 4) is 34.3 Å². The maximum absolute atomic E-state index is 14.3. The first-order valence-electron chi connectivity index (χ1n) is 15.7. The zero-order valence-corrected chi connectivity index (χ0v) is 28.5. The van der Waals surface area contributed by atoms with Crippen LogP contribution in [0.5, 0.6) is 17.2 Å². The molecule has 2 bridgehead atoms. The Labute approximate surface area is 288 Å². The highest BCUT2D eigenvalue weighted by molar-refractivity contribution is 7.89. The van der Waals surface area contributed by atoms with Gasteiger partial charge in [-0.25, -0.2) is 22.8 Å². The minimum absolute atomic E-state index is 0.0782. The van der Waals surface area contributed by atoms with Crippen molar-refractivity contribution in [3.63, 3.8) is 0 Å². The van der Waals surface area contributed by atoms with Crippen LogP contribution in [-0.4, -0.2) is 89.5 Å². The van der Waals surface area contributed by atoms with Crippen LogP contribution < -0.4 is 24.8 Å². The number of rotatable bonds is 6. The van der Waals surface area contributed by atoms with Crippen LogP contribution in [0.2, 0.25) is 0 Å². The number of methoxy groups -OCH3 is 2. The van der Waals surface area contributed by atoms with Crippen molar-refractivity contribution in [2.45, 2.75) is 24.4 Å². The van der Waals surface area contributed by atoms with Gasteiger partial charge in [0.1, 0.15) is 23.1 Å². The third-order valence-electron chi connectivity index (χ3n) is 7.98. The number of ether oxygens (including phenoxy) is 3. The zero-order chi connectivity index (χ0) is 35.3. The minimum atomic E-state index is -4.38. The highest BCUT2D eigenvalue weighted by Crippen LogP contribution is 2.30. The van der Waals surface area contributed by atoms with E-state index in [0.717, 1.165) is 9.87 Å². The van der Waals surface area contributed by atoms with Gasteiger partial charge < -0.3 is 24.8 Å². The van der Waals surface area contributed by atoms with E-state index in [1.54, 1.807) is 54.3 Å². The molecule has 6 rings (SSSR count). The fourth-order valence-electron chi connectivity index (χ4n) is 5.48. The Kier molecular flexibility index (Phi) is 10.1. The SMILES string of the molecule is COc1ccc2cc1OCCn1nc(-c3ccccc3)nc1[C@@H](C)NC(=O)CN(S(=O)(=O)c1cc(-n3cccn3)ccc1OC)CCNC2=O. The number of carbonyl (C=O) groups excluding carboxylic acids is 2. The van der Waals surface area contributed by atoms with Gasteiger partial charge in [0.2, 0.25) is 15.9 Å². The van der Waals surface area contributed by atoms with Crippen molar-refractivity contribution in [2.75, 3.05) is 40.5 Å². The summed E-state index contributed by atoms with van der Waals surface area (Å²) >= 11 is 0. The maximum Gasteiger partial charge on any atom is 0.251 e. The Morgan fingerprint density at radius 1 is 0.920 bits per heavy atom. The highest BCUT2D eigenvalue weighted by atomic mass is 32.2. The highest BCUT2D eigenvalue weighted by Gasteiger charge is 2.31. The Bertz CT molecular complexity index is 2090. The van der Waals surface area contributed by atoms with E-state index in [-0.39, 0.29) is 42.4 Å². The molecule has 3 aromatic carbocycles. The molecular formula is C34H36N8O7S. The van der Waals surface area contributed by atoms with E-state index in [0.29, 0.717) is 28.8 Å². The lowest BCUT2D eigenvalue weighted by molar-refractivity contribution is -0.122. The average Bonchev–Trinajstić information content (AvgIpc) is 3.82. The number of benzene rings is 3. The Balaban J connectivity index is 1.37. The van der Waals surface area contributed by atoms with Crippen molar-refractivity contribution in [1.29, 1.82) is 0 Å². The van der Waals surface area contributed by atoms with Crippen LogP contribution in [0.3, 0.4) is 0 Å². The van der Waals surface area contributed by atoms with E-state index in [2.05, 4.69) is 15.7 Å². The van der Waals surface area contributed by atoms with E-state index < -0.39 is 34.4 Å². The maximum atomic E-state index is 14.3. The number of amides is 2. The molecule has 0 saturated carbocycles. The number of nitrogens with one attached hydrogen (secondary N) is 2. The van der Waals surface area contributed by atoms with Crippen LogP contribution in [0, 0.1) is 0 Å². The zero-order valence-electron chi connectivity index (χ0n) is 27.6. The van der Waals surface area contributed by atoms with E-state index in [9.17, 15) is 18.0 Å². The molecular weight excluding hydrogens is 664 g/mol. The Hall–Kier alpha value is -5.74. The predicted molar refractivity (Wildman–Crippen MR) is 182 cm³/mol. The molecule has 2 aromatic heterocycles. The number of aromatic nitrogens is 5. The lowest BCUT2D eigenvalue weighted by Gasteiger charge is -2.24. The molecule has 0 aliphatic carbocycles. The number of hydrogen-bond acceptors (Lipinski definition) is 10. The van der Waals surface area contributed by atoms with Gasteiger partial charge in [0, 0.05) is 36.6 Å². The quantitative estimate of drug-likeness (QED) is 0.268. The molecule has 0 saturated heterocycles. The molecule has 2 N–H and O–H groups in total. The van der Waals surface area contributed by atoms with Crippen molar-refractivity contribution in [1.82, 2.24) is 39.5 Å². The van der Waals surface area contributed by atoms with Crippen molar-refractivity contribution < 1.29 is 32.2 Å². The van der Waals surface area contributed by atoms with Gasteiger partial charge in [0.15, 0.2) is 17.3 Å². The molecule has 1 aliphatic rings. The smallest absolute Gasteiger partial charge is 0.251 e. The molecule has 0 fully saturated rings. The van der Waals surface area contributed by atoms with Gasteiger partial charge in [-0.05, 0) is 49.4 Å². The Morgan fingerprint density at radius 2 is 1.70 bits per heavy atom. The second-order valence-corrected chi connectivity index (χ2v) is 13.2. The normalized spacial score (nSPS) is 16.3. The second kappa shape index (κ2) is 14.8. The van der Waals surface area contributed by atoms with Crippen molar-refractivity contribution in [2.24, 2.45) is 0 Å². The third kappa shape index (κ3) is 7.30. The van der Waals surface area contributed by atoms with E-state index in [1.807, 2.05) is 30.3 Å². The fourth-order valence-corrected chi connectivity index (χ4v) is 7.06. The summed E-state index contributed by atoms with van der Waals surface area (Å²) in [6.07, 6.45) is 3.25. The molecule has 16 heteroatoms. The summed E-state index contributed by atoms with van der Waals surface area (Å²) in [5.74, 6) is 0.654. The predicted octanol–water partition coefficient (Wildman–Crippen LogP) is 2.84. The van der Waals surface area contributed by atoms with Crippen LogP contribution in [0.15, 0.2) is 90.1 Å². The first-order chi connectivity index (χ1) is 24.2. The van der Waals surface area contributed by atoms with Crippen LogP contribution >= 0.6 is 0 Å². The molecule has 3 heterocycles. The molecule has 0 spiro atoms. The number of fused-ring (bicyclic) bond motifs is 3.